The van der Waals surface area contributed by atoms with E-state index in [1.807, 2.05) is 6.92 Å². The lowest BCUT2D eigenvalue weighted by Crippen LogP contribution is -2.33. The summed E-state index contributed by atoms with van der Waals surface area (Å²) in [5.74, 6) is -0.582. The zero-order valence-corrected chi connectivity index (χ0v) is 9.26. The second-order valence-electron chi connectivity index (χ2n) is 4.50. The Hall–Kier alpha value is -1.12. The molecule has 3 heteroatoms. The highest BCUT2D eigenvalue weighted by Gasteiger charge is 2.46. The van der Waals surface area contributed by atoms with Crippen LogP contribution in [0.25, 0.3) is 0 Å². The lowest BCUT2D eigenvalue weighted by molar-refractivity contribution is -0.149. The Balaban J connectivity index is 2.38. The molecular weight excluding hydrogens is 192 g/mol. The molecule has 1 aliphatic carbocycles. The largest absolute Gasteiger partial charge is 0.451 e. The molecule has 0 radical (unpaired) electrons. The lowest BCUT2D eigenvalue weighted by atomic mass is 9.79. The summed E-state index contributed by atoms with van der Waals surface area (Å²) in [4.78, 5) is 22.9. The number of rotatable bonds is 1. The summed E-state index contributed by atoms with van der Waals surface area (Å²) in [7, 11) is 0. The predicted molar refractivity (Wildman–Crippen MR) is 55.3 cm³/mol. The SMILES string of the molecule is CC(=O)C1=C(C)C2(CCCCC2)OC1=O. The molecule has 0 N–H and O–H groups in total. The van der Waals surface area contributed by atoms with E-state index < -0.39 is 11.6 Å². The third-order valence-corrected chi connectivity index (χ3v) is 3.56. The number of hydrogen-bond acceptors (Lipinski definition) is 3. The van der Waals surface area contributed by atoms with Crippen molar-refractivity contribution in [2.75, 3.05) is 0 Å². The van der Waals surface area contributed by atoms with Crippen molar-refractivity contribution < 1.29 is 14.3 Å². The van der Waals surface area contributed by atoms with Crippen LogP contribution in [0.2, 0.25) is 0 Å². The highest BCUT2D eigenvalue weighted by atomic mass is 16.6. The van der Waals surface area contributed by atoms with Crippen molar-refractivity contribution in [2.45, 2.75) is 51.6 Å². The van der Waals surface area contributed by atoms with Gasteiger partial charge in [-0.15, -0.1) is 0 Å². The molecular formula is C12H16O3. The average molecular weight is 208 g/mol. The molecule has 1 spiro atoms. The number of carbonyl (C=O) groups is 2. The van der Waals surface area contributed by atoms with E-state index in [0.717, 1.165) is 31.3 Å². The monoisotopic (exact) mass is 208 g/mol. The Morgan fingerprint density at radius 3 is 2.33 bits per heavy atom. The topological polar surface area (TPSA) is 43.4 Å². The zero-order chi connectivity index (χ0) is 11.1. The van der Waals surface area contributed by atoms with E-state index in [4.69, 9.17) is 4.74 Å². The fourth-order valence-electron chi connectivity index (χ4n) is 2.69. The Bertz CT molecular complexity index is 346. The van der Waals surface area contributed by atoms with E-state index in [9.17, 15) is 9.59 Å². The molecule has 1 saturated carbocycles. The minimum absolute atomic E-state index is 0.167. The van der Waals surface area contributed by atoms with Crippen LogP contribution in [0.3, 0.4) is 0 Å². The van der Waals surface area contributed by atoms with Gasteiger partial charge in [0.2, 0.25) is 0 Å². The van der Waals surface area contributed by atoms with Crippen molar-refractivity contribution in [1.82, 2.24) is 0 Å². The van der Waals surface area contributed by atoms with Crippen molar-refractivity contribution >= 4 is 11.8 Å². The summed E-state index contributed by atoms with van der Waals surface area (Å²) in [6.45, 7) is 3.30. The molecule has 82 valence electrons. The van der Waals surface area contributed by atoms with Gasteiger partial charge in [0, 0.05) is 0 Å². The highest BCUT2D eigenvalue weighted by Crippen LogP contribution is 2.43. The number of Topliss-reactive ketones (excluding diaryl/α,β-unsaturated/α-hetero) is 1. The van der Waals surface area contributed by atoms with Crippen LogP contribution in [0.4, 0.5) is 0 Å². The van der Waals surface area contributed by atoms with Crippen LogP contribution >= 0.6 is 0 Å². The highest BCUT2D eigenvalue weighted by molar-refractivity contribution is 6.18. The van der Waals surface area contributed by atoms with Crippen molar-refractivity contribution in [3.8, 4) is 0 Å². The van der Waals surface area contributed by atoms with E-state index in [2.05, 4.69) is 0 Å². The maximum Gasteiger partial charge on any atom is 0.342 e. The zero-order valence-electron chi connectivity index (χ0n) is 9.26. The van der Waals surface area contributed by atoms with Gasteiger partial charge < -0.3 is 4.74 Å². The molecule has 2 aliphatic rings. The van der Waals surface area contributed by atoms with E-state index in [1.54, 1.807) is 0 Å². The Labute approximate surface area is 89.5 Å². The van der Waals surface area contributed by atoms with Crippen LogP contribution in [-0.2, 0) is 14.3 Å². The summed E-state index contributed by atoms with van der Waals surface area (Å²) in [6.07, 6.45) is 5.11. The molecule has 2 rings (SSSR count). The standard InChI is InChI=1S/C12H16O3/c1-8-10(9(2)13)11(14)15-12(8)6-4-3-5-7-12/h3-7H2,1-2H3. The van der Waals surface area contributed by atoms with Gasteiger partial charge in [0.25, 0.3) is 0 Å². The quantitative estimate of drug-likeness (QED) is 0.490. The van der Waals surface area contributed by atoms with E-state index in [-0.39, 0.29) is 11.4 Å². The maximum absolute atomic E-state index is 11.6. The van der Waals surface area contributed by atoms with Crippen molar-refractivity contribution in [3.05, 3.63) is 11.1 Å². The molecule has 0 aromatic carbocycles. The summed E-state index contributed by atoms with van der Waals surface area (Å²) in [5, 5.41) is 0. The molecule has 0 aromatic heterocycles. The van der Waals surface area contributed by atoms with Gasteiger partial charge in [0.05, 0.1) is 0 Å². The normalized spacial score (nSPS) is 24.5. The number of carbonyl (C=O) groups excluding carboxylic acids is 2. The first-order valence-corrected chi connectivity index (χ1v) is 5.52. The molecule has 3 nitrogen and oxygen atoms in total. The van der Waals surface area contributed by atoms with Crippen LogP contribution < -0.4 is 0 Å². The second kappa shape index (κ2) is 3.47. The Morgan fingerprint density at radius 2 is 1.87 bits per heavy atom. The summed E-state index contributed by atoms with van der Waals surface area (Å²) < 4.78 is 5.44. The third-order valence-electron chi connectivity index (χ3n) is 3.56. The minimum Gasteiger partial charge on any atom is -0.451 e. The molecule has 0 atom stereocenters. The van der Waals surface area contributed by atoms with Gasteiger partial charge in [0.1, 0.15) is 11.2 Å². The maximum atomic E-state index is 11.6. The fraction of sp³-hybridized carbons (Fsp3) is 0.667. The van der Waals surface area contributed by atoms with Crippen LogP contribution in [0.15, 0.2) is 11.1 Å². The number of hydrogen-bond donors (Lipinski definition) is 0. The third kappa shape index (κ3) is 1.50. The van der Waals surface area contributed by atoms with Gasteiger partial charge in [-0.2, -0.15) is 0 Å². The van der Waals surface area contributed by atoms with Gasteiger partial charge in [-0.3, -0.25) is 4.79 Å². The first kappa shape index (κ1) is 10.4. The predicted octanol–water partition coefficient (Wildman–Crippen LogP) is 2.15. The van der Waals surface area contributed by atoms with Crippen LogP contribution in [0.5, 0.6) is 0 Å². The lowest BCUT2D eigenvalue weighted by Gasteiger charge is -2.33. The van der Waals surface area contributed by atoms with Gasteiger partial charge in [0.15, 0.2) is 5.78 Å². The molecule has 0 amide bonds. The van der Waals surface area contributed by atoms with Crippen LogP contribution in [0.1, 0.15) is 46.0 Å². The van der Waals surface area contributed by atoms with Crippen molar-refractivity contribution in [1.29, 1.82) is 0 Å². The van der Waals surface area contributed by atoms with Gasteiger partial charge in [-0.1, -0.05) is 6.42 Å². The van der Waals surface area contributed by atoms with E-state index >= 15 is 0 Å². The summed E-state index contributed by atoms with van der Waals surface area (Å²) in [6, 6.07) is 0. The minimum atomic E-state index is -0.434. The first-order valence-electron chi connectivity index (χ1n) is 5.52. The fourth-order valence-corrected chi connectivity index (χ4v) is 2.69. The number of ketones is 1. The molecule has 0 bridgehead atoms. The smallest absolute Gasteiger partial charge is 0.342 e. The van der Waals surface area contributed by atoms with Crippen LogP contribution in [0, 0.1) is 0 Å². The van der Waals surface area contributed by atoms with Crippen molar-refractivity contribution in [3.63, 3.8) is 0 Å². The summed E-state index contributed by atoms with van der Waals surface area (Å²) >= 11 is 0. The molecule has 1 heterocycles. The number of ether oxygens (including phenoxy) is 1. The van der Waals surface area contributed by atoms with Crippen molar-refractivity contribution in [2.24, 2.45) is 0 Å². The Kier molecular flexibility index (Phi) is 2.41. The van der Waals surface area contributed by atoms with E-state index in [0.29, 0.717) is 0 Å². The molecule has 0 aromatic rings. The molecule has 15 heavy (non-hydrogen) atoms. The van der Waals surface area contributed by atoms with E-state index in [1.165, 1.54) is 13.3 Å². The van der Waals surface area contributed by atoms with Crippen LogP contribution in [-0.4, -0.2) is 17.4 Å². The van der Waals surface area contributed by atoms with Gasteiger partial charge >= 0.3 is 5.97 Å². The molecule has 0 saturated heterocycles. The molecule has 1 aliphatic heterocycles. The molecule has 1 fully saturated rings. The second-order valence-corrected chi connectivity index (χ2v) is 4.50. The average Bonchev–Trinajstić information content (AvgIpc) is 2.40. The summed E-state index contributed by atoms with van der Waals surface area (Å²) in [5.41, 5.74) is 0.715. The number of esters is 1. The first-order chi connectivity index (χ1) is 7.07. The Morgan fingerprint density at radius 1 is 1.27 bits per heavy atom. The van der Waals surface area contributed by atoms with Gasteiger partial charge in [-0.05, 0) is 45.1 Å². The molecule has 0 unspecified atom stereocenters. The van der Waals surface area contributed by atoms with Gasteiger partial charge in [-0.25, -0.2) is 4.79 Å².